The van der Waals surface area contributed by atoms with Gasteiger partial charge in [-0.1, -0.05) is 13.8 Å². The van der Waals surface area contributed by atoms with E-state index in [1.54, 1.807) is 0 Å². The predicted molar refractivity (Wildman–Crippen MR) is 52.2 cm³/mol. The van der Waals surface area contributed by atoms with Gasteiger partial charge in [0.15, 0.2) is 0 Å². The molecule has 0 saturated carbocycles. The fourth-order valence-corrected chi connectivity index (χ4v) is 0.840. The molecule has 2 nitrogen and oxygen atoms in total. The highest BCUT2D eigenvalue weighted by molar-refractivity contribution is 7.97. The van der Waals surface area contributed by atoms with Crippen molar-refractivity contribution in [2.45, 2.75) is 18.7 Å². The van der Waals surface area contributed by atoms with Crippen LogP contribution in [0.15, 0.2) is 29.2 Å². The van der Waals surface area contributed by atoms with Crippen molar-refractivity contribution in [2.75, 3.05) is 5.73 Å². The number of hydrogen-bond donors (Lipinski definition) is 2. The Bertz CT molecular complexity index is 184. The minimum absolute atomic E-state index is 0.771. The van der Waals surface area contributed by atoms with E-state index in [0.717, 1.165) is 10.6 Å². The molecule has 3 heteroatoms. The van der Waals surface area contributed by atoms with E-state index < -0.39 is 0 Å². The second-order valence-electron chi connectivity index (χ2n) is 1.69. The smallest absolute Gasteiger partial charge is 0.0314 e. The number of nitrogen functional groups attached to an aromatic ring is 1. The third-order valence-electron chi connectivity index (χ3n) is 1.02. The van der Waals surface area contributed by atoms with E-state index in [1.165, 1.54) is 11.9 Å². The van der Waals surface area contributed by atoms with Crippen LogP contribution in [0.5, 0.6) is 0 Å². The molecule has 1 rings (SSSR count). The molecule has 0 aliphatic rings. The van der Waals surface area contributed by atoms with Crippen LogP contribution in [0, 0.1) is 0 Å². The molecule has 0 spiro atoms. The fourth-order valence-electron chi connectivity index (χ4n) is 0.546. The van der Waals surface area contributed by atoms with Gasteiger partial charge in [0.05, 0.1) is 0 Å². The molecule has 0 heterocycles. The summed E-state index contributed by atoms with van der Waals surface area (Å²) in [5.74, 6) is 0. The second-order valence-corrected chi connectivity index (χ2v) is 2.39. The molecular weight excluding hydrogens is 156 g/mol. The normalized spacial score (nSPS) is 8.27. The zero-order valence-electron chi connectivity index (χ0n) is 6.87. The van der Waals surface area contributed by atoms with Crippen molar-refractivity contribution >= 4 is 17.6 Å². The van der Waals surface area contributed by atoms with Crippen LogP contribution in [-0.4, -0.2) is 0 Å². The van der Waals surface area contributed by atoms with E-state index in [0.29, 0.717) is 0 Å². The van der Waals surface area contributed by atoms with E-state index in [4.69, 9.17) is 10.9 Å². The summed E-state index contributed by atoms with van der Waals surface area (Å²) in [7, 11) is 0. The van der Waals surface area contributed by atoms with Gasteiger partial charge in [0, 0.05) is 10.6 Å². The molecule has 62 valence electrons. The van der Waals surface area contributed by atoms with E-state index in [2.05, 4.69) is 0 Å². The highest BCUT2D eigenvalue weighted by atomic mass is 32.2. The average Bonchev–Trinajstić information content (AvgIpc) is 2.10. The lowest BCUT2D eigenvalue weighted by atomic mass is 10.3. The van der Waals surface area contributed by atoms with Gasteiger partial charge < -0.3 is 5.73 Å². The topological polar surface area (TPSA) is 52.0 Å². The molecule has 0 unspecified atom stereocenters. The van der Waals surface area contributed by atoms with Crippen molar-refractivity contribution in [3.05, 3.63) is 24.3 Å². The molecule has 11 heavy (non-hydrogen) atoms. The molecule has 0 aliphatic carbocycles. The van der Waals surface area contributed by atoms with Crippen LogP contribution < -0.4 is 10.9 Å². The zero-order chi connectivity index (χ0) is 8.69. The molecule has 1 aromatic carbocycles. The molecule has 0 atom stereocenters. The maximum Gasteiger partial charge on any atom is 0.0314 e. The maximum absolute atomic E-state index is 5.43. The van der Waals surface area contributed by atoms with Gasteiger partial charge in [-0.3, -0.25) is 5.14 Å². The Kier molecular flexibility index (Phi) is 5.70. The van der Waals surface area contributed by atoms with Crippen molar-refractivity contribution < 1.29 is 0 Å². The Morgan fingerprint density at radius 3 is 1.91 bits per heavy atom. The average molecular weight is 170 g/mol. The largest absolute Gasteiger partial charge is 0.399 e. The van der Waals surface area contributed by atoms with Crippen LogP contribution in [0.4, 0.5) is 5.69 Å². The Morgan fingerprint density at radius 1 is 1.09 bits per heavy atom. The standard InChI is InChI=1S/C6H8N2S.C2H6/c7-5-1-3-6(9-8)4-2-5;1-2/h1-4H,7-8H2;1-2H3. The van der Waals surface area contributed by atoms with Crippen molar-refractivity contribution in [2.24, 2.45) is 5.14 Å². The summed E-state index contributed by atoms with van der Waals surface area (Å²) in [5, 5.41) is 5.28. The molecule has 0 radical (unpaired) electrons. The first-order valence-corrected chi connectivity index (χ1v) is 4.43. The predicted octanol–water partition coefficient (Wildman–Crippen LogP) is 2.26. The summed E-state index contributed by atoms with van der Waals surface area (Å²) in [6, 6.07) is 7.43. The maximum atomic E-state index is 5.43. The first-order valence-electron chi connectivity index (χ1n) is 3.55. The monoisotopic (exact) mass is 170 g/mol. The van der Waals surface area contributed by atoms with E-state index in [9.17, 15) is 0 Å². The Labute approximate surface area is 72.1 Å². The number of hydrogen-bond acceptors (Lipinski definition) is 3. The lowest BCUT2D eigenvalue weighted by Crippen LogP contribution is -1.83. The highest BCUT2D eigenvalue weighted by Gasteiger charge is 1.86. The van der Waals surface area contributed by atoms with E-state index >= 15 is 0 Å². The lowest BCUT2D eigenvalue weighted by Gasteiger charge is -1.93. The van der Waals surface area contributed by atoms with Crippen molar-refractivity contribution in [1.29, 1.82) is 0 Å². The summed E-state index contributed by atoms with van der Waals surface area (Å²) in [6.45, 7) is 4.00. The minimum Gasteiger partial charge on any atom is -0.399 e. The van der Waals surface area contributed by atoms with Gasteiger partial charge in [0.25, 0.3) is 0 Å². The molecule has 1 aromatic rings. The first kappa shape index (κ1) is 10.3. The number of nitrogens with two attached hydrogens (primary N) is 2. The molecular formula is C8H14N2S. The molecule has 4 N–H and O–H groups in total. The summed E-state index contributed by atoms with van der Waals surface area (Å²) in [6.07, 6.45) is 0. The van der Waals surface area contributed by atoms with E-state index in [1.807, 2.05) is 38.1 Å². The zero-order valence-corrected chi connectivity index (χ0v) is 7.69. The molecule has 0 fully saturated rings. The van der Waals surface area contributed by atoms with Crippen LogP contribution in [0.25, 0.3) is 0 Å². The summed E-state index contributed by atoms with van der Waals surface area (Å²) >= 11 is 1.22. The highest BCUT2D eigenvalue weighted by Crippen LogP contribution is 2.12. The van der Waals surface area contributed by atoms with Gasteiger partial charge in [0.1, 0.15) is 0 Å². The molecule has 0 bridgehead atoms. The number of benzene rings is 1. The Balaban J connectivity index is 0.000000461. The van der Waals surface area contributed by atoms with Crippen LogP contribution in [-0.2, 0) is 0 Å². The number of anilines is 1. The van der Waals surface area contributed by atoms with Crippen molar-refractivity contribution in [1.82, 2.24) is 0 Å². The van der Waals surface area contributed by atoms with Gasteiger partial charge in [-0.05, 0) is 36.2 Å². The lowest BCUT2D eigenvalue weighted by molar-refractivity contribution is 1.46. The Morgan fingerprint density at radius 2 is 1.55 bits per heavy atom. The Hall–Kier alpha value is -0.670. The van der Waals surface area contributed by atoms with Crippen LogP contribution >= 0.6 is 11.9 Å². The molecule has 0 saturated heterocycles. The SMILES string of the molecule is CC.NSc1ccc(N)cc1. The summed E-state index contributed by atoms with van der Waals surface area (Å²) < 4.78 is 0. The number of rotatable bonds is 1. The van der Waals surface area contributed by atoms with Gasteiger partial charge >= 0.3 is 0 Å². The summed E-state index contributed by atoms with van der Waals surface area (Å²) in [4.78, 5) is 1.03. The third kappa shape index (κ3) is 3.91. The summed E-state index contributed by atoms with van der Waals surface area (Å²) in [5.41, 5.74) is 6.20. The third-order valence-corrected chi connectivity index (χ3v) is 1.56. The van der Waals surface area contributed by atoms with Crippen LogP contribution in [0.1, 0.15) is 13.8 Å². The van der Waals surface area contributed by atoms with Gasteiger partial charge in [-0.15, -0.1) is 0 Å². The van der Waals surface area contributed by atoms with Gasteiger partial charge in [-0.2, -0.15) is 0 Å². The molecule has 0 amide bonds. The van der Waals surface area contributed by atoms with Crippen molar-refractivity contribution in [3.63, 3.8) is 0 Å². The van der Waals surface area contributed by atoms with Gasteiger partial charge in [0.2, 0.25) is 0 Å². The first-order chi connectivity index (χ1) is 5.33. The van der Waals surface area contributed by atoms with Crippen LogP contribution in [0.3, 0.4) is 0 Å². The second kappa shape index (κ2) is 6.07. The molecule has 0 aromatic heterocycles. The van der Waals surface area contributed by atoms with E-state index in [-0.39, 0.29) is 0 Å². The molecule has 0 aliphatic heterocycles. The quantitative estimate of drug-likeness (QED) is 0.502. The van der Waals surface area contributed by atoms with Gasteiger partial charge in [-0.25, -0.2) is 0 Å². The van der Waals surface area contributed by atoms with Crippen molar-refractivity contribution in [3.8, 4) is 0 Å². The fraction of sp³-hybridized carbons (Fsp3) is 0.250. The van der Waals surface area contributed by atoms with Crippen LogP contribution in [0.2, 0.25) is 0 Å². The minimum atomic E-state index is 0.771.